The van der Waals surface area contributed by atoms with Crippen LogP contribution >= 0.6 is 34.5 Å². The third-order valence-corrected chi connectivity index (χ3v) is 6.86. The van der Waals surface area contributed by atoms with Crippen molar-refractivity contribution < 1.29 is 14.5 Å². The largest absolute Gasteiger partial charge is 0.379 e. The molecule has 2 aromatic carbocycles. The van der Waals surface area contributed by atoms with Crippen LogP contribution in [-0.4, -0.2) is 60.1 Å². The number of hydrogen-bond donors (Lipinski definition) is 0. The van der Waals surface area contributed by atoms with Crippen LogP contribution in [0.4, 0.5) is 10.8 Å². The van der Waals surface area contributed by atoms with Crippen LogP contribution in [0.15, 0.2) is 36.4 Å². The van der Waals surface area contributed by atoms with E-state index >= 15 is 0 Å². The number of benzene rings is 2. The number of aromatic nitrogens is 1. The van der Waals surface area contributed by atoms with Gasteiger partial charge in [0.1, 0.15) is 5.52 Å². The Hall–Kier alpha value is -2.30. The van der Waals surface area contributed by atoms with Crippen LogP contribution in [0.25, 0.3) is 10.2 Å². The topological polar surface area (TPSA) is 88.8 Å². The molecule has 0 atom stereocenters. The van der Waals surface area contributed by atoms with E-state index < -0.39 is 10.8 Å². The van der Waals surface area contributed by atoms with Crippen molar-refractivity contribution in [2.45, 2.75) is 6.42 Å². The van der Waals surface area contributed by atoms with Gasteiger partial charge in [0.15, 0.2) is 5.13 Å². The van der Waals surface area contributed by atoms with Crippen molar-refractivity contribution in [3.63, 3.8) is 0 Å². The first-order valence-corrected chi connectivity index (χ1v) is 11.6. The molecule has 0 aliphatic carbocycles. The molecule has 1 aliphatic heterocycles. The molecule has 0 saturated carbocycles. The maximum absolute atomic E-state index is 13.5. The standard InChI is InChI=1S/C21H20Cl2N4O4S/c22-16-6-5-14(27(29)30)13-15(16)20(28)26(8-2-7-25-9-11-31-12-10-25)21-24-19-17(23)3-1-4-18(19)32-21/h1,3-6,13H,2,7-12H2. The summed E-state index contributed by atoms with van der Waals surface area (Å²) < 4.78 is 6.23. The van der Waals surface area contributed by atoms with Gasteiger partial charge < -0.3 is 4.74 Å². The Morgan fingerprint density at radius 3 is 2.72 bits per heavy atom. The minimum absolute atomic E-state index is 0.0672. The van der Waals surface area contributed by atoms with Gasteiger partial charge in [0.2, 0.25) is 0 Å². The predicted molar refractivity (Wildman–Crippen MR) is 126 cm³/mol. The van der Waals surface area contributed by atoms with Crippen molar-refractivity contribution in [1.82, 2.24) is 9.88 Å². The third-order valence-electron chi connectivity index (χ3n) is 5.19. The number of hydrogen-bond acceptors (Lipinski definition) is 7. The van der Waals surface area contributed by atoms with Crippen molar-refractivity contribution in [3.05, 3.63) is 62.1 Å². The summed E-state index contributed by atoms with van der Waals surface area (Å²) >= 11 is 13.9. The fourth-order valence-electron chi connectivity index (χ4n) is 3.52. The lowest BCUT2D eigenvalue weighted by atomic mass is 10.1. The number of anilines is 1. The number of thiazole rings is 1. The normalized spacial score (nSPS) is 14.6. The quantitative estimate of drug-likeness (QED) is 0.343. The Morgan fingerprint density at radius 2 is 2.00 bits per heavy atom. The lowest BCUT2D eigenvalue weighted by Gasteiger charge is -2.27. The summed E-state index contributed by atoms with van der Waals surface area (Å²) in [6.07, 6.45) is 0.696. The molecule has 8 nitrogen and oxygen atoms in total. The van der Waals surface area contributed by atoms with Crippen molar-refractivity contribution in [2.75, 3.05) is 44.3 Å². The molecule has 2 heterocycles. The number of non-ortho nitro benzene ring substituents is 1. The summed E-state index contributed by atoms with van der Waals surface area (Å²) in [5.41, 5.74) is 0.487. The Bertz CT molecular complexity index is 1150. The van der Waals surface area contributed by atoms with Crippen LogP contribution in [0.3, 0.4) is 0 Å². The molecule has 3 aromatic rings. The van der Waals surface area contributed by atoms with E-state index in [0.717, 1.165) is 24.3 Å². The average Bonchev–Trinajstić information content (AvgIpc) is 3.22. The number of nitro benzene ring substituents is 1. The third kappa shape index (κ3) is 5.02. The summed E-state index contributed by atoms with van der Waals surface area (Å²) in [7, 11) is 0. The highest BCUT2D eigenvalue weighted by Gasteiger charge is 2.25. The average molecular weight is 495 g/mol. The van der Waals surface area contributed by atoms with Crippen molar-refractivity contribution >= 4 is 61.5 Å². The van der Waals surface area contributed by atoms with Crippen LogP contribution in [0, 0.1) is 10.1 Å². The molecule has 0 spiro atoms. The number of fused-ring (bicyclic) bond motifs is 1. The number of rotatable bonds is 7. The van der Waals surface area contributed by atoms with E-state index in [1.807, 2.05) is 12.1 Å². The molecule has 1 saturated heterocycles. The molecule has 1 fully saturated rings. The highest BCUT2D eigenvalue weighted by Crippen LogP contribution is 2.34. The summed E-state index contributed by atoms with van der Waals surface area (Å²) in [6, 6.07) is 9.32. The molecular formula is C21H20Cl2N4O4S. The van der Waals surface area contributed by atoms with Gasteiger partial charge in [-0.05, 0) is 24.6 Å². The number of halogens is 2. The van der Waals surface area contributed by atoms with E-state index in [1.165, 1.54) is 34.4 Å². The molecule has 168 valence electrons. The van der Waals surface area contributed by atoms with Gasteiger partial charge in [-0.1, -0.05) is 40.6 Å². The smallest absolute Gasteiger partial charge is 0.270 e. The number of para-hydroxylation sites is 1. The molecule has 1 aromatic heterocycles. The van der Waals surface area contributed by atoms with Gasteiger partial charge in [-0.3, -0.25) is 24.7 Å². The molecule has 0 unspecified atom stereocenters. The number of morpholine rings is 1. The number of carbonyl (C=O) groups is 1. The van der Waals surface area contributed by atoms with E-state index in [-0.39, 0.29) is 16.3 Å². The fraction of sp³-hybridized carbons (Fsp3) is 0.333. The van der Waals surface area contributed by atoms with Crippen molar-refractivity contribution in [2.24, 2.45) is 0 Å². The first kappa shape index (κ1) is 22.9. The Morgan fingerprint density at radius 1 is 1.22 bits per heavy atom. The van der Waals surface area contributed by atoms with Gasteiger partial charge in [-0.15, -0.1) is 0 Å². The van der Waals surface area contributed by atoms with Gasteiger partial charge in [0.25, 0.3) is 11.6 Å². The highest BCUT2D eigenvalue weighted by molar-refractivity contribution is 7.22. The maximum atomic E-state index is 13.5. The minimum Gasteiger partial charge on any atom is -0.379 e. The second kappa shape index (κ2) is 10.1. The van der Waals surface area contributed by atoms with Gasteiger partial charge >= 0.3 is 0 Å². The zero-order valence-corrected chi connectivity index (χ0v) is 19.3. The summed E-state index contributed by atoms with van der Waals surface area (Å²) in [5.74, 6) is -0.434. The Kier molecular flexibility index (Phi) is 7.22. The molecule has 0 bridgehead atoms. The number of nitrogens with zero attached hydrogens (tertiary/aromatic N) is 4. The molecule has 0 radical (unpaired) electrons. The molecule has 1 amide bonds. The van der Waals surface area contributed by atoms with Crippen molar-refractivity contribution in [3.8, 4) is 0 Å². The second-order valence-electron chi connectivity index (χ2n) is 7.27. The lowest BCUT2D eigenvalue weighted by Crippen LogP contribution is -2.39. The van der Waals surface area contributed by atoms with Crippen LogP contribution in [0.2, 0.25) is 10.0 Å². The van der Waals surface area contributed by atoms with Gasteiger partial charge in [0, 0.05) is 38.3 Å². The fourth-order valence-corrected chi connectivity index (χ4v) is 5.00. The van der Waals surface area contributed by atoms with E-state index in [2.05, 4.69) is 9.88 Å². The van der Waals surface area contributed by atoms with Crippen LogP contribution in [-0.2, 0) is 4.74 Å². The second-order valence-corrected chi connectivity index (χ2v) is 9.09. The maximum Gasteiger partial charge on any atom is 0.270 e. The molecule has 4 rings (SSSR count). The predicted octanol–water partition coefficient (Wildman–Crippen LogP) is 4.88. The Labute approximate surface area is 198 Å². The van der Waals surface area contributed by atoms with Crippen LogP contribution in [0.1, 0.15) is 16.8 Å². The molecule has 11 heteroatoms. The molecular weight excluding hydrogens is 475 g/mol. The monoisotopic (exact) mass is 494 g/mol. The number of ether oxygens (including phenoxy) is 1. The number of carbonyl (C=O) groups excluding carboxylic acids is 1. The molecule has 1 aliphatic rings. The SMILES string of the molecule is O=C(c1cc([N+](=O)[O-])ccc1Cl)N(CCCN1CCOCC1)c1nc2c(Cl)cccc2s1. The van der Waals surface area contributed by atoms with Gasteiger partial charge in [-0.25, -0.2) is 4.98 Å². The van der Waals surface area contributed by atoms with Crippen LogP contribution in [0.5, 0.6) is 0 Å². The zero-order valence-electron chi connectivity index (χ0n) is 17.0. The van der Waals surface area contributed by atoms with Crippen LogP contribution < -0.4 is 4.90 Å². The van der Waals surface area contributed by atoms with E-state index in [4.69, 9.17) is 27.9 Å². The van der Waals surface area contributed by atoms with E-state index in [0.29, 0.717) is 41.9 Å². The van der Waals surface area contributed by atoms with Crippen molar-refractivity contribution in [1.29, 1.82) is 0 Å². The summed E-state index contributed by atoms with van der Waals surface area (Å²) in [5, 5.41) is 12.4. The number of amides is 1. The lowest BCUT2D eigenvalue weighted by molar-refractivity contribution is -0.384. The summed E-state index contributed by atoms with van der Waals surface area (Å²) in [6.45, 7) is 4.27. The molecule has 0 N–H and O–H groups in total. The van der Waals surface area contributed by atoms with Gasteiger partial charge in [0.05, 0.1) is 38.4 Å². The Balaban J connectivity index is 1.64. The first-order chi connectivity index (χ1) is 15.4. The number of nitro groups is 1. The minimum atomic E-state index is -0.548. The zero-order chi connectivity index (χ0) is 22.7. The van der Waals surface area contributed by atoms with E-state index in [9.17, 15) is 14.9 Å². The molecule has 32 heavy (non-hydrogen) atoms. The summed E-state index contributed by atoms with van der Waals surface area (Å²) in [4.78, 5) is 32.6. The first-order valence-electron chi connectivity index (χ1n) is 10.0. The van der Waals surface area contributed by atoms with Gasteiger partial charge in [-0.2, -0.15) is 0 Å². The highest BCUT2D eigenvalue weighted by atomic mass is 35.5. The van der Waals surface area contributed by atoms with E-state index in [1.54, 1.807) is 6.07 Å².